The standard InChI is InChI=1S/C23H28ClFN2O4/c1-22(2,3)31-21(28)27-20(18-13-29-23(4,5)30-18)17-10-9-14(12-26-17)11-15-7-6-8-16(24)19(15)25/h6-10,12,18,20H,11,13H2,1-5H3,(H,27,28)/t18-,20?/m1/s1. The number of rotatable bonds is 5. The Hall–Kier alpha value is -2.22. The molecule has 0 bridgehead atoms. The molecule has 0 aliphatic carbocycles. The first-order chi connectivity index (χ1) is 14.4. The van der Waals surface area contributed by atoms with Crippen molar-refractivity contribution in [3.63, 3.8) is 0 Å². The number of hydrogen-bond acceptors (Lipinski definition) is 5. The Morgan fingerprint density at radius 2 is 2.10 bits per heavy atom. The molecule has 168 valence electrons. The zero-order chi connectivity index (χ0) is 22.8. The highest BCUT2D eigenvalue weighted by Gasteiger charge is 2.39. The SMILES string of the molecule is CC(C)(C)OC(=O)NC(c1ccc(Cc2cccc(Cl)c2F)cn1)[C@H]1COC(C)(C)O1. The van der Waals surface area contributed by atoms with Gasteiger partial charge in [0.05, 0.1) is 17.3 Å². The van der Waals surface area contributed by atoms with Crippen molar-refractivity contribution in [3.05, 3.63) is 64.2 Å². The van der Waals surface area contributed by atoms with Crippen LogP contribution in [0.2, 0.25) is 5.02 Å². The molecule has 1 fully saturated rings. The second kappa shape index (κ2) is 9.10. The van der Waals surface area contributed by atoms with Crippen molar-refractivity contribution in [1.29, 1.82) is 0 Å². The van der Waals surface area contributed by atoms with Crippen LogP contribution in [-0.2, 0) is 20.6 Å². The Kier molecular flexibility index (Phi) is 6.88. The van der Waals surface area contributed by atoms with Gasteiger partial charge in [0.15, 0.2) is 5.79 Å². The molecule has 6 nitrogen and oxygen atoms in total. The molecule has 1 aromatic heterocycles. The van der Waals surface area contributed by atoms with Crippen LogP contribution >= 0.6 is 11.6 Å². The van der Waals surface area contributed by atoms with E-state index in [1.165, 1.54) is 6.07 Å². The third-order valence-electron chi connectivity index (χ3n) is 4.67. The van der Waals surface area contributed by atoms with Gasteiger partial charge in [-0.3, -0.25) is 4.98 Å². The van der Waals surface area contributed by atoms with Crippen LogP contribution in [0.25, 0.3) is 0 Å². The molecule has 0 radical (unpaired) electrons. The van der Waals surface area contributed by atoms with Crippen molar-refractivity contribution in [2.24, 2.45) is 0 Å². The number of aromatic nitrogens is 1. The van der Waals surface area contributed by atoms with E-state index in [-0.39, 0.29) is 5.02 Å². The lowest BCUT2D eigenvalue weighted by Crippen LogP contribution is -2.41. The average molecular weight is 451 g/mol. The van der Waals surface area contributed by atoms with Gasteiger partial charge in [-0.15, -0.1) is 0 Å². The first-order valence-corrected chi connectivity index (χ1v) is 10.5. The topological polar surface area (TPSA) is 69.7 Å². The minimum absolute atomic E-state index is 0.0877. The summed E-state index contributed by atoms with van der Waals surface area (Å²) in [6.07, 6.45) is 0.990. The number of hydrogen-bond donors (Lipinski definition) is 1. The summed E-state index contributed by atoms with van der Waals surface area (Å²) >= 11 is 5.87. The summed E-state index contributed by atoms with van der Waals surface area (Å²) in [5.74, 6) is -1.20. The van der Waals surface area contributed by atoms with Gasteiger partial charge in [0.2, 0.25) is 0 Å². The highest BCUT2D eigenvalue weighted by atomic mass is 35.5. The maximum Gasteiger partial charge on any atom is 0.408 e. The second-order valence-corrected chi connectivity index (χ2v) is 9.38. The molecule has 1 aliphatic heterocycles. The fourth-order valence-electron chi connectivity index (χ4n) is 3.30. The third-order valence-corrected chi connectivity index (χ3v) is 4.96. The number of benzene rings is 1. The van der Waals surface area contributed by atoms with Gasteiger partial charge in [-0.2, -0.15) is 0 Å². The van der Waals surface area contributed by atoms with Crippen LogP contribution < -0.4 is 5.32 Å². The van der Waals surface area contributed by atoms with Crippen LogP contribution in [-0.4, -0.2) is 35.2 Å². The summed E-state index contributed by atoms with van der Waals surface area (Å²) in [5.41, 5.74) is 1.25. The summed E-state index contributed by atoms with van der Waals surface area (Å²) in [5, 5.41) is 2.94. The molecule has 31 heavy (non-hydrogen) atoms. The van der Waals surface area contributed by atoms with E-state index in [0.29, 0.717) is 24.3 Å². The summed E-state index contributed by atoms with van der Waals surface area (Å²) in [6.45, 7) is 9.30. The van der Waals surface area contributed by atoms with Crippen molar-refractivity contribution < 1.29 is 23.4 Å². The van der Waals surface area contributed by atoms with E-state index >= 15 is 0 Å². The molecule has 1 amide bonds. The number of carbonyl (C=O) groups is 1. The lowest BCUT2D eigenvalue weighted by Gasteiger charge is -2.27. The molecule has 1 unspecified atom stereocenters. The molecular formula is C23H28ClFN2O4. The molecule has 1 aromatic carbocycles. The minimum Gasteiger partial charge on any atom is -0.444 e. The zero-order valence-corrected chi connectivity index (χ0v) is 19.1. The average Bonchev–Trinajstić information content (AvgIpc) is 3.02. The van der Waals surface area contributed by atoms with Crippen LogP contribution in [0.1, 0.15) is 57.5 Å². The molecule has 1 saturated heterocycles. The largest absolute Gasteiger partial charge is 0.444 e. The van der Waals surface area contributed by atoms with E-state index < -0.39 is 35.4 Å². The molecule has 2 heterocycles. The van der Waals surface area contributed by atoms with E-state index in [0.717, 1.165) is 5.56 Å². The van der Waals surface area contributed by atoms with Gasteiger partial charge in [-0.25, -0.2) is 9.18 Å². The van der Waals surface area contributed by atoms with Gasteiger partial charge in [-0.1, -0.05) is 29.8 Å². The minimum atomic E-state index is -0.761. The molecule has 1 N–H and O–H groups in total. The number of ether oxygens (including phenoxy) is 3. The van der Waals surface area contributed by atoms with E-state index in [9.17, 15) is 9.18 Å². The van der Waals surface area contributed by atoms with E-state index in [2.05, 4.69) is 10.3 Å². The molecule has 0 spiro atoms. The van der Waals surface area contributed by atoms with Crippen molar-refractivity contribution >= 4 is 17.7 Å². The lowest BCUT2D eigenvalue weighted by atomic mass is 10.0. The van der Waals surface area contributed by atoms with Gasteiger partial charge in [0.25, 0.3) is 0 Å². The van der Waals surface area contributed by atoms with Crippen molar-refractivity contribution in [2.75, 3.05) is 6.61 Å². The molecular weight excluding hydrogens is 423 g/mol. The van der Waals surface area contributed by atoms with Gasteiger partial charge >= 0.3 is 6.09 Å². The van der Waals surface area contributed by atoms with E-state index in [4.69, 9.17) is 25.8 Å². The number of nitrogens with one attached hydrogen (secondary N) is 1. The number of alkyl carbamates (subject to hydrolysis) is 1. The first-order valence-electron chi connectivity index (χ1n) is 10.1. The van der Waals surface area contributed by atoms with Crippen molar-refractivity contribution in [2.45, 2.75) is 64.6 Å². The van der Waals surface area contributed by atoms with Crippen LogP contribution in [0.3, 0.4) is 0 Å². The maximum absolute atomic E-state index is 14.2. The molecule has 2 aromatic rings. The van der Waals surface area contributed by atoms with Crippen molar-refractivity contribution in [3.8, 4) is 0 Å². The molecule has 0 saturated carbocycles. The van der Waals surface area contributed by atoms with Crippen molar-refractivity contribution in [1.82, 2.24) is 10.3 Å². The quantitative estimate of drug-likeness (QED) is 0.679. The fraction of sp³-hybridized carbons (Fsp3) is 0.478. The molecule has 1 aliphatic rings. The Labute approximate surface area is 187 Å². The highest BCUT2D eigenvalue weighted by Crippen LogP contribution is 2.31. The number of halogens is 2. The number of pyridine rings is 1. The summed E-state index contributed by atoms with van der Waals surface area (Å²) in [7, 11) is 0. The molecule has 2 atom stereocenters. The van der Waals surface area contributed by atoms with Crippen LogP contribution in [0.15, 0.2) is 36.5 Å². The predicted octanol–water partition coefficient (Wildman–Crippen LogP) is 5.18. The smallest absolute Gasteiger partial charge is 0.408 e. The lowest BCUT2D eigenvalue weighted by molar-refractivity contribution is -0.142. The van der Waals surface area contributed by atoms with Crippen LogP contribution in [0, 0.1) is 5.82 Å². The van der Waals surface area contributed by atoms with Gasteiger partial charge in [-0.05, 0) is 57.9 Å². The summed E-state index contributed by atoms with van der Waals surface area (Å²) in [4.78, 5) is 16.9. The predicted molar refractivity (Wildman–Crippen MR) is 115 cm³/mol. The van der Waals surface area contributed by atoms with Crippen LogP contribution in [0.5, 0.6) is 0 Å². The normalized spacial score (nSPS) is 19.1. The Morgan fingerprint density at radius 1 is 1.35 bits per heavy atom. The summed E-state index contributed by atoms with van der Waals surface area (Å²) < 4.78 is 31.2. The van der Waals surface area contributed by atoms with E-state index in [1.807, 2.05) is 19.9 Å². The molecule has 3 rings (SSSR count). The molecule has 8 heteroatoms. The third kappa shape index (κ3) is 6.38. The van der Waals surface area contributed by atoms with Gasteiger partial charge in [0, 0.05) is 12.6 Å². The Morgan fingerprint density at radius 3 is 2.68 bits per heavy atom. The van der Waals surface area contributed by atoms with E-state index in [1.54, 1.807) is 45.2 Å². The number of amides is 1. The number of nitrogens with zero attached hydrogens (tertiary/aromatic N) is 1. The first kappa shape index (κ1) is 23.4. The highest BCUT2D eigenvalue weighted by molar-refractivity contribution is 6.30. The second-order valence-electron chi connectivity index (χ2n) is 8.97. The maximum atomic E-state index is 14.2. The van der Waals surface area contributed by atoms with Crippen LogP contribution in [0.4, 0.5) is 9.18 Å². The monoisotopic (exact) mass is 450 g/mol. The number of carbonyl (C=O) groups excluding carboxylic acids is 1. The summed E-state index contributed by atoms with van der Waals surface area (Å²) in [6, 6.07) is 7.96. The van der Waals surface area contributed by atoms with Gasteiger partial charge < -0.3 is 19.5 Å². The van der Waals surface area contributed by atoms with Gasteiger partial charge in [0.1, 0.15) is 23.6 Å². The Bertz CT molecular complexity index is 928. The fourth-order valence-corrected chi connectivity index (χ4v) is 3.50. The zero-order valence-electron chi connectivity index (χ0n) is 18.4. The Balaban J connectivity index is 1.80.